The number of thioether (sulfide) groups is 1. The largest absolute Gasteiger partial charge is 0.392 e. The van der Waals surface area contributed by atoms with Gasteiger partial charge in [-0.15, -0.1) is 0 Å². The van der Waals surface area contributed by atoms with Crippen LogP contribution >= 0.6 is 11.8 Å². The molecule has 0 saturated heterocycles. The fourth-order valence-electron chi connectivity index (χ4n) is 0.701. The molecule has 0 aliphatic carbocycles. The van der Waals surface area contributed by atoms with Crippen LogP contribution in [0.25, 0.3) is 0 Å². The van der Waals surface area contributed by atoms with Crippen molar-refractivity contribution in [2.24, 2.45) is 0 Å². The number of nitrogens with one attached hydrogen (secondary N) is 1. The number of aliphatic hydroxyl groups excluding tert-OH is 1. The average Bonchev–Trinajstić information content (AvgIpc) is 1.89. The summed E-state index contributed by atoms with van der Waals surface area (Å²) >= 11 is 1.87. The van der Waals surface area contributed by atoms with E-state index in [0.29, 0.717) is 6.54 Å². The summed E-state index contributed by atoms with van der Waals surface area (Å²) in [6, 6.07) is 0. The molecule has 0 radical (unpaired) electrons. The summed E-state index contributed by atoms with van der Waals surface area (Å²) in [6.45, 7) is 2.85. The van der Waals surface area contributed by atoms with Crippen LogP contribution in [0.15, 0.2) is 0 Å². The second-order valence-corrected chi connectivity index (χ2v) is 3.59. The number of hydrogen-bond donors (Lipinski definition) is 2. The molecule has 0 aromatic carbocycles. The summed E-state index contributed by atoms with van der Waals surface area (Å²) in [4.78, 5) is 0. The maximum Gasteiger partial charge on any atom is 0.0672 e. The first-order chi connectivity index (χ1) is 4.81. The molecule has 1 unspecified atom stereocenters. The molecule has 0 spiro atoms. The molecule has 3 heteroatoms. The zero-order valence-corrected chi connectivity index (χ0v) is 7.58. The van der Waals surface area contributed by atoms with Crippen LogP contribution in [0.5, 0.6) is 0 Å². The van der Waals surface area contributed by atoms with Crippen molar-refractivity contribution in [3.63, 3.8) is 0 Å². The van der Waals surface area contributed by atoms with Crippen molar-refractivity contribution < 1.29 is 5.11 Å². The van der Waals surface area contributed by atoms with Gasteiger partial charge in [0, 0.05) is 6.54 Å². The summed E-state index contributed by atoms with van der Waals surface area (Å²) in [5, 5.41) is 12.1. The third-order valence-corrected chi connectivity index (χ3v) is 2.17. The van der Waals surface area contributed by atoms with Gasteiger partial charge in [0.15, 0.2) is 0 Å². The predicted octanol–water partition coefficient (Wildman–Crippen LogP) is 0.710. The SMILES string of the molecule is CCSCCC(O)CNC. The molecule has 62 valence electrons. The standard InChI is InChI=1S/C7H17NOS/c1-3-10-5-4-7(9)6-8-2/h7-9H,3-6H2,1-2H3. The minimum Gasteiger partial charge on any atom is -0.392 e. The predicted molar refractivity (Wildman–Crippen MR) is 47.5 cm³/mol. The third-order valence-electron chi connectivity index (χ3n) is 1.24. The molecule has 1 atom stereocenters. The van der Waals surface area contributed by atoms with Crippen LogP contribution in [0.3, 0.4) is 0 Å². The molecule has 0 aromatic heterocycles. The normalized spacial score (nSPS) is 13.5. The van der Waals surface area contributed by atoms with E-state index in [1.165, 1.54) is 0 Å². The minimum atomic E-state index is -0.163. The van der Waals surface area contributed by atoms with Gasteiger partial charge in [0.2, 0.25) is 0 Å². The molecule has 0 amide bonds. The topological polar surface area (TPSA) is 32.3 Å². The number of rotatable bonds is 6. The van der Waals surface area contributed by atoms with Gasteiger partial charge in [0.1, 0.15) is 0 Å². The van der Waals surface area contributed by atoms with Gasteiger partial charge in [-0.05, 0) is 25.0 Å². The van der Waals surface area contributed by atoms with Gasteiger partial charge >= 0.3 is 0 Å². The molecule has 0 heterocycles. The maximum atomic E-state index is 9.20. The molecule has 2 nitrogen and oxygen atoms in total. The smallest absolute Gasteiger partial charge is 0.0672 e. The molecule has 0 fully saturated rings. The Morgan fingerprint density at radius 2 is 2.30 bits per heavy atom. The molecule has 10 heavy (non-hydrogen) atoms. The molecular formula is C7H17NOS. The summed E-state index contributed by atoms with van der Waals surface area (Å²) < 4.78 is 0. The number of hydrogen-bond acceptors (Lipinski definition) is 3. The van der Waals surface area contributed by atoms with E-state index in [1.54, 1.807) is 0 Å². The highest BCUT2D eigenvalue weighted by atomic mass is 32.2. The van der Waals surface area contributed by atoms with Gasteiger partial charge in [0.25, 0.3) is 0 Å². The maximum absolute atomic E-state index is 9.20. The Morgan fingerprint density at radius 1 is 1.60 bits per heavy atom. The van der Waals surface area contributed by atoms with Crippen LogP contribution < -0.4 is 5.32 Å². The highest BCUT2D eigenvalue weighted by Crippen LogP contribution is 2.02. The number of aliphatic hydroxyl groups is 1. The molecule has 0 rings (SSSR count). The third kappa shape index (κ3) is 6.39. The van der Waals surface area contributed by atoms with Gasteiger partial charge in [-0.25, -0.2) is 0 Å². The van der Waals surface area contributed by atoms with Crippen LogP contribution in [0.1, 0.15) is 13.3 Å². The Bertz CT molecular complexity index is 70.6. The summed E-state index contributed by atoms with van der Waals surface area (Å²) in [6.07, 6.45) is 0.739. The van der Waals surface area contributed by atoms with Crippen LogP contribution in [-0.2, 0) is 0 Å². The van der Waals surface area contributed by atoms with Crippen molar-refractivity contribution in [1.82, 2.24) is 5.32 Å². The molecule has 2 N–H and O–H groups in total. The van der Waals surface area contributed by atoms with E-state index in [9.17, 15) is 5.11 Å². The van der Waals surface area contributed by atoms with Crippen LogP contribution in [0.2, 0.25) is 0 Å². The second-order valence-electron chi connectivity index (χ2n) is 2.20. The van der Waals surface area contributed by atoms with Crippen molar-refractivity contribution in [1.29, 1.82) is 0 Å². The first-order valence-electron chi connectivity index (χ1n) is 3.71. The van der Waals surface area contributed by atoms with Crippen LogP contribution in [0, 0.1) is 0 Å². The molecule has 0 saturated carbocycles. The molecule has 0 bridgehead atoms. The van der Waals surface area contributed by atoms with Gasteiger partial charge in [-0.1, -0.05) is 6.92 Å². The lowest BCUT2D eigenvalue weighted by Gasteiger charge is -2.07. The van der Waals surface area contributed by atoms with Crippen molar-refractivity contribution in [2.45, 2.75) is 19.4 Å². The van der Waals surface area contributed by atoms with Crippen molar-refractivity contribution >= 4 is 11.8 Å². The summed E-state index contributed by atoms with van der Waals surface area (Å²) in [7, 11) is 1.86. The van der Waals surface area contributed by atoms with Crippen LogP contribution in [0.4, 0.5) is 0 Å². The summed E-state index contributed by atoms with van der Waals surface area (Å²) in [5.41, 5.74) is 0. The Balaban J connectivity index is 2.97. The van der Waals surface area contributed by atoms with E-state index in [2.05, 4.69) is 12.2 Å². The second kappa shape index (κ2) is 7.38. The minimum absolute atomic E-state index is 0.163. The fourth-order valence-corrected chi connectivity index (χ4v) is 1.43. The first-order valence-corrected chi connectivity index (χ1v) is 4.87. The van der Waals surface area contributed by atoms with Crippen LogP contribution in [-0.4, -0.2) is 36.3 Å². The highest BCUT2D eigenvalue weighted by Gasteiger charge is 2.00. The Kier molecular flexibility index (Phi) is 7.58. The zero-order chi connectivity index (χ0) is 7.82. The lowest BCUT2D eigenvalue weighted by Crippen LogP contribution is -2.23. The lowest BCUT2D eigenvalue weighted by molar-refractivity contribution is 0.171. The van der Waals surface area contributed by atoms with E-state index < -0.39 is 0 Å². The summed E-state index contributed by atoms with van der Waals surface area (Å²) in [5.74, 6) is 2.21. The average molecular weight is 163 g/mol. The van der Waals surface area contributed by atoms with Gasteiger partial charge < -0.3 is 10.4 Å². The Hall–Kier alpha value is 0.270. The van der Waals surface area contributed by atoms with E-state index >= 15 is 0 Å². The van der Waals surface area contributed by atoms with Gasteiger partial charge in [-0.3, -0.25) is 0 Å². The van der Waals surface area contributed by atoms with E-state index in [4.69, 9.17) is 0 Å². The zero-order valence-electron chi connectivity index (χ0n) is 6.76. The van der Waals surface area contributed by atoms with Crippen molar-refractivity contribution in [3.05, 3.63) is 0 Å². The lowest BCUT2D eigenvalue weighted by atomic mass is 10.3. The first kappa shape index (κ1) is 10.3. The Labute approximate surface area is 67.4 Å². The molecule has 0 aromatic rings. The van der Waals surface area contributed by atoms with E-state index in [0.717, 1.165) is 17.9 Å². The van der Waals surface area contributed by atoms with Gasteiger partial charge in [-0.2, -0.15) is 11.8 Å². The van der Waals surface area contributed by atoms with Crippen molar-refractivity contribution in [3.8, 4) is 0 Å². The van der Waals surface area contributed by atoms with Gasteiger partial charge in [0.05, 0.1) is 6.10 Å². The molecular weight excluding hydrogens is 146 g/mol. The highest BCUT2D eigenvalue weighted by molar-refractivity contribution is 7.99. The molecule has 0 aliphatic heterocycles. The van der Waals surface area contributed by atoms with E-state index in [1.807, 2.05) is 18.8 Å². The monoisotopic (exact) mass is 163 g/mol. The molecule has 0 aliphatic rings. The quantitative estimate of drug-likeness (QED) is 0.566. The van der Waals surface area contributed by atoms with E-state index in [-0.39, 0.29) is 6.10 Å². The fraction of sp³-hybridized carbons (Fsp3) is 1.00. The van der Waals surface area contributed by atoms with Crippen molar-refractivity contribution in [2.75, 3.05) is 25.1 Å². The number of likely N-dealkylation sites (N-methyl/N-ethyl adjacent to an activating group) is 1. The Morgan fingerprint density at radius 3 is 2.80 bits per heavy atom.